The number of ether oxygens (including phenoxy) is 2. The molecule has 0 radical (unpaired) electrons. The fourth-order valence-electron chi connectivity index (χ4n) is 5.72. The lowest BCUT2D eigenvalue weighted by molar-refractivity contribution is -0.160. The Kier molecular flexibility index (Phi) is 5.75. The zero-order valence-corrected chi connectivity index (χ0v) is 22.2. The second-order valence-electron chi connectivity index (χ2n) is 9.89. The fraction of sp³-hybridized carbons (Fsp3) is 0.423. The van der Waals surface area contributed by atoms with Crippen molar-refractivity contribution < 1.29 is 9.47 Å². The zero-order chi connectivity index (χ0) is 24.3. The first-order valence-corrected chi connectivity index (χ1v) is 13.1. The first kappa shape index (κ1) is 23.2. The highest BCUT2D eigenvalue weighted by Gasteiger charge is 2.54. The molecule has 3 aromatic heterocycles. The standard InChI is InChI=1S/C26H27BrClN5O2/c1-26(2)34-21-16(7-5-14-4-6-15-11-18(27)23(28)32-19(15)10-14)12-20(22(21)35-26)33-9-8-17-24(29-3)30-13-31-25(17)33/h4,6,8-11,13,16,20-22H,5,7,12H2,1-3H3,(H,29,30,31)/t16-,20+,21+,22-/m0/s1. The lowest BCUT2D eigenvalue weighted by Crippen LogP contribution is -2.27. The number of rotatable bonds is 5. The Morgan fingerprint density at radius 1 is 1.17 bits per heavy atom. The summed E-state index contributed by atoms with van der Waals surface area (Å²) in [5.41, 5.74) is 3.09. The molecule has 2 aliphatic rings. The highest BCUT2D eigenvalue weighted by Crippen LogP contribution is 2.49. The second-order valence-corrected chi connectivity index (χ2v) is 11.1. The molecular weight excluding hydrogens is 530 g/mol. The van der Waals surface area contributed by atoms with Crippen molar-refractivity contribution in [1.29, 1.82) is 0 Å². The Hall–Kier alpha value is -2.26. The number of hydrogen-bond acceptors (Lipinski definition) is 6. The maximum absolute atomic E-state index is 6.45. The molecule has 1 aromatic carbocycles. The van der Waals surface area contributed by atoms with E-state index in [1.807, 2.05) is 27.0 Å². The van der Waals surface area contributed by atoms with Crippen molar-refractivity contribution in [2.45, 2.75) is 57.1 Å². The minimum atomic E-state index is -0.600. The van der Waals surface area contributed by atoms with Crippen molar-refractivity contribution in [3.63, 3.8) is 0 Å². The van der Waals surface area contributed by atoms with Gasteiger partial charge in [0.05, 0.1) is 27.5 Å². The molecule has 7 nitrogen and oxygen atoms in total. The van der Waals surface area contributed by atoms with Crippen LogP contribution in [0, 0.1) is 5.92 Å². The second kappa shape index (κ2) is 8.69. The Bertz CT molecular complexity index is 1420. The number of benzene rings is 1. The van der Waals surface area contributed by atoms with E-state index < -0.39 is 5.79 Å². The lowest BCUT2D eigenvalue weighted by atomic mass is 9.95. The summed E-state index contributed by atoms with van der Waals surface area (Å²) in [6.45, 7) is 4.01. The third kappa shape index (κ3) is 4.10. The number of fused-ring (bicyclic) bond motifs is 3. The molecule has 9 heteroatoms. The van der Waals surface area contributed by atoms with Crippen LogP contribution in [-0.2, 0) is 15.9 Å². The van der Waals surface area contributed by atoms with Gasteiger partial charge in [-0.15, -0.1) is 0 Å². The monoisotopic (exact) mass is 555 g/mol. The van der Waals surface area contributed by atoms with E-state index in [1.54, 1.807) is 6.33 Å². The van der Waals surface area contributed by atoms with Crippen molar-refractivity contribution in [2.75, 3.05) is 12.4 Å². The Balaban J connectivity index is 1.27. The third-order valence-corrected chi connectivity index (χ3v) is 8.37. The van der Waals surface area contributed by atoms with E-state index in [-0.39, 0.29) is 18.2 Å². The van der Waals surface area contributed by atoms with Crippen LogP contribution in [0.15, 0.2) is 47.3 Å². The van der Waals surface area contributed by atoms with Crippen LogP contribution in [0.2, 0.25) is 5.15 Å². The van der Waals surface area contributed by atoms with E-state index in [0.29, 0.717) is 11.1 Å². The van der Waals surface area contributed by atoms with Crippen LogP contribution in [0.4, 0.5) is 5.82 Å². The predicted molar refractivity (Wildman–Crippen MR) is 141 cm³/mol. The minimum Gasteiger partial charge on any atom is -0.372 e. The molecule has 2 fully saturated rings. The van der Waals surface area contributed by atoms with Gasteiger partial charge in [0.1, 0.15) is 29.0 Å². The van der Waals surface area contributed by atoms with Crippen LogP contribution in [0.5, 0.6) is 0 Å². The quantitative estimate of drug-likeness (QED) is 0.297. The molecule has 6 rings (SSSR count). The molecule has 1 aliphatic carbocycles. The van der Waals surface area contributed by atoms with Crippen molar-refractivity contribution in [3.8, 4) is 0 Å². The molecule has 0 amide bonds. The van der Waals surface area contributed by atoms with Gasteiger partial charge in [-0.3, -0.25) is 0 Å². The van der Waals surface area contributed by atoms with E-state index >= 15 is 0 Å². The van der Waals surface area contributed by atoms with Crippen LogP contribution in [0.1, 0.15) is 38.3 Å². The van der Waals surface area contributed by atoms with Crippen LogP contribution < -0.4 is 5.32 Å². The van der Waals surface area contributed by atoms with E-state index in [2.05, 4.69) is 71.2 Å². The average Bonchev–Trinajstić information content (AvgIpc) is 3.49. The minimum absolute atomic E-state index is 0.0203. The Morgan fingerprint density at radius 2 is 2.00 bits per heavy atom. The molecule has 0 unspecified atom stereocenters. The van der Waals surface area contributed by atoms with Gasteiger partial charge < -0.3 is 19.4 Å². The van der Waals surface area contributed by atoms with Crippen molar-refractivity contribution in [2.24, 2.45) is 5.92 Å². The molecule has 4 aromatic rings. The van der Waals surface area contributed by atoms with Gasteiger partial charge in [-0.2, -0.15) is 0 Å². The number of pyridine rings is 1. The summed E-state index contributed by atoms with van der Waals surface area (Å²) in [4.78, 5) is 13.5. The first-order valence-electron chi connectivity index (χ1n) is 11.9. The Morgan fingerprint density at radius 3 is 2.83 bits per heavy atom. The van der Waals surface area contributed by atoms with Gasteiger partial charge in [0.2, 0.25) is 0 Å². The van der Waals surface area contributed by atoms with Gasteiger partial charge in [0, 0.05) is 18.6 Å². The average molecular weight is 557 g/mol. The highest BCUT2D eigenvalue weighted by molar-refractivity contribution is 9.10. The summed E-state index contributed by atoms with van der Waals surface area (Å²) >= 11 is 9.69. The summed E-state index contributed by atoms with van der Waals surface area (Å²) in [5, 5.41) is 5.74. The van der Waals surface area contributed by atoms with E-state index in [4.69, 9.17) is 21.1 Å². The lowest BCUT2D eigenvalue weighted by Gasteiger charge is -2.24. The van der Waals surface area contributed by atoms with Gasteiger partial charge in [-0.1, -0.05) is 23.7 Å². The van der Waals surface area contributed by atoms with E-state index in [9.17, 15) is 0 Å². The van der Waals surface area contributed by atoms with Crippen LogP contribution in [0.25, 0.3) is 21.9 Å². The highest BCUT2D eigenvalue weighted by atomic mass is 79.9. The summed E-state index contributed by atoms with van der Waals surface area (Å²) < 4.78 is 16.0. The smallest absolute Gasteiger partial charge is 0.163 e. The molecule has 35 heavy (non-hydrogen) atoms. The van der Waals surface area contributed by atoms with E-state index in [0.717, 1.165) is 51.5 Å². The fourth-order valence-corrected chi connectivity index (χ4v) is 6.20. The molecular formula is C26H27BrClN5O2. The number of nitrogens with zero attached hydrogens (tertiary/aromatic N) is 4. The Labute approximate surface area is 217 Å². The number of hydrogen-bond donors (Lipinski definition) is 1. The third-order valence-electron chi connectivity index (χ3n) is 7.25. The van der Waals surface area contributed by atoms with Gasteiger partial charge in [-0.25, -0.2) is 15.0 Å². The molecule has 1 N–H and O–H groups in total. The molecule has 0 spiro atoms. The van der Waals surface area contributed by atoms with Crippen molar-refractivity contribution in [3.05, 3.63) is 58.0 Å². The van der Waals surface area contributed by atoms with Gasteiger partial charge in [0.15, 0.2) is 5.79 Å². The van der Waals surface area contributed by atoms with E-state index in [1.165, 1.54) is 5.56 Å². The number of halogens is 2. The number of aromatic nitrogens is 4. The van der Waals surface area contributed by atoms with Crippen LogP contribution in [-0.4, -0.2) is 44.6 Å². The summed E-state index contributed by atoms with van der Waals surface area (Å²) in [6.07, 6.45) is 6.66. The largest absolute Gasteiger partial charge is 0.372 e. The van der Waals surface area contributed by atoms with Crippen molar-refractivity contribution >= 4 is 55.3 Å². The maximum atomic E-state index is 6.45. The number of nitrogens with one attached hydrogen (secondary N) is 1. The number of anilines is 1. The van der Waals surface area contributed by atoms with Gasteiger partial charge >= 0.3 is 0 Å². The molecule has 4 heterocycles. The molecule has 1 aliphatic heterocycles. The molecule has 4 atom stereocenters. The zero-order valence-electron chi connectivity index (χ0n) is 19.8. The molecule has 0 bridgehead atoms. The molecule has 182 valence electrons. The normalized spacial score (nSPS) is 25.4. The molecule has 1 saturated heterocycles. The first-order chi connectivity index (χ1) is 16.8. The topological polar surface area (TPSA) is 74.1 Å². The summed E-state index contributed by atoms with van der Waals surface area (Å²) in [6, 6.07) is 10.7. The van der Waals surface area contributed by atoms with Crippen LogP contribution in [0.3, 0.4) is 0 Å². The van der Waals surface area contributed by atoms with Crippen LogP contribution >= 0.6 is 27.5 Å². The summed E-state index contributed by atoms with van der Waals surface area (Å²) in [7, 11) is 1.88. The molecule has 1 saturated carbocycles. The maximum Gasteiger partial charge on any atom is 0.163 e. The van der Waals surface area contributed by atoms with Gasteiger partial charge in [-0.05, 0) is 78.7 Å². The summed E-state index contributed by atoms with van der Waals surface area (Å²) in [5.74, 6) is 0.602. The SMILES string of the molecule is CNc1ncnc2c1ccn2[C@@H]1C[C@H](CCc2ccc3cc(Br)c(Cl)nc3c2)[C@H]2OC(C)(C)O[C@H]21. The van der Waals surface area contributed by atoms with Gasteiger partial charge in [0.25, 0.3) is 0 Å². The van der Waals surface area contributed by atoms with Crippen molar-refractivity contribution in [1.82, 2.24) is 19.5 Å². The number of aryl methyl sites for hydroxylation is 1. The predicted octanol–water partition coefficient (Wildman–Crippen LogP) is 6.15.